The minimum atomic E-state index is -0.697. The number of rotatable bonds is 2. The molecule has 0 aliphatic rings. The van der Waals surface area contributed by atoms with Crippen molar-refractivity contribution in [3.63, 3.8) is 0 Å². The molecule has 0 unspecified atom stereocenters. The Morgan fingerprint density at radius 1 is 1.06 bits per heavy atom. The number of nitrogens with zero attached hydrogens (tertiary/aromatic N) is 2. The fourth-order valence-corrected chi connectivity index (χ4v) is 1.21. The van der Waals surface area contributed by atoms with Crippen LogP contribution in [0.4, 0.5) is 20.3 Å². The van der Waals surface area contributed by atoms with Crippen LogP contribution in [-0.2, 0) is 0 Å². The summed E-state index contributed by atoms with van der Waals surface area (Å²) in [5, 5.41) is 10.2. The van der Waals surface area contributed by atoms with Crippen LogP contribution in [0.1, 0.15) is 0 Å². The largest absolute Gasteiger partial charge is 0.336 e. The zero-order chi connectivity index (χ0) is 11.5. The smallest absolute Gasteiger partial charge is 0.153 e. The van der Waals surface area contributed by atoms with Gasteiger partial charge in [-0.05, 0) is 24.3 Å². The molecule has 2 rings (SSSR count). The van der Waals surface area contributed by atoms with Crippen molar-refractivity contribution in [2.75, 3.05) is 5.32 Å². The van der Waals surface area contributed by atoms with E-state index in [-0.39, 0.29) is 10.8 Å². The summed E-state index contributed by atoms with van der Waals surface area (Å²) >= 11 is 5.54. The van der Waals surface area contributed by atoms with E-state index in [1.165, 1.54) is 18.2 Å². The maximum absolute atomic E-state index is 13.2. The van der Waals surface area contributed by atoms with Gasteiger partial charge in [-0.25, -0.2) is 8.78 Å². The van der Waals surface area contributed by atoms with Gasteiger partial charge in [-0.2, -0.15) is 0 Å². The summed E-state index contributed by atoms with van der Waals surface area (Å²) in [6, 6.07) is 6.26. The zero-order valence-corrected chi connectivity index (χ0v) is 8.67. The van der Waals surface area contributed by atoms with Gasteiger partial charge in [0.2, 0.25) is 0 Å². The van der Waals surface area contributed by atoms with E-state index >= 15 is 0 Å². The first-order valence-corrected chi connectivity index (χ1v) is 4.74. The molecule has 0 atom stereocenters. The van der Waals surface area contributed by atoms with Crippen molar-refractivity contribution >= 4 is 23.1 Å². The van der Waals surface area contributed by atoms with Crippen molar-refractivity contribution in [1.82, 2.24) is 10.2 Å². The quantitative estimate of drug-likeness (QED) is 0.878. The van der Waals surface area contributed by atoms with Crippen LogP contribution in [0, 0.1) is 11.6 Å². The third-order valence-corrected chi connectivity index (χ3v) is 2.03. The molecule has 0 aliphatic carbocycles. The molecule has 82 valence electrons. The predicted octanol–water partition coefficient (Wildman–Crippen LogP) is 3.15. The molecule has 1 N–H and O–H groups in total. The molecule has 1 aromatic heterocycles. The van der Waals surface area contributed by atoms with Crippen LogP contribution >= 0.6 is 11.6 Å². The van der Waals surface area contributed by atoms with Crippen LogP contribution in [-0.4, -0.2) is 10.2 Å². The summed E-state index contributed by atoms with van der Waals surface area (Å²) in [6.45, 7) is 0. The lowest BCUT2D eigenvalue weighted by molar-refractivity contribution is 0.586. The molecule has 0 radical (unpaired) electrons. The van der Waals surface area contributed by atoms with E-state index in [0.717, 1.165) is 12.1 Å². The van der Waals surface area contributed by atoms with Crippen LogP contribution in [0.3, 0.4) is 0 Å². The summed E-state index contributed by atoms with van der Waals surface area (Å²) < 4.78 is 25.9. The Hall–Kier alpha value is -1.75. The van der Waals surface area contributed by atoms with Gasteiger partial charge in [-0.15, -0.1) is 10.2 Å². The average Bonchev–Trinajstić information content (AvgIpc) is 2.25. The van der Waals surface area contributed by atoms with Crippen molar-refractivity contribution in [3.8, 4) is 0 Å². The van der Waals surface area contributed by atoms with Crippen molar-refractivity contribution < 1.29 is 8.78 Å². The van der Waals surface area contributed by atoms with Crippen molar-refractivity contribution in [2.45, 2.75) is 0 Å². The number of hydrogen-bond acceptors (Lipinski definition) is 3. The van der Waals surface area contributed by atoms with E-state index in [1.54, 1.807) is 0 Å². The first-order chi connectivity index (χ1) is 7.65. The van der Waals surface area contributed by atoms with Crippen molar-refractivity contribution in [1.29, 1.82) is 0 Å². The Kier molecular flexibility index (Phi) is 2.96. The van der Waals surface area contributed by atoms with E-state index in [4.69, 9.17) is 11.6 Å². The highest BCUT2D eigenvalue weighted by atomic mass is 35.5. The lowest BCUT2D eigenvalue weighted by atomic mass is 10.3. The van der Waals surface area contributed by atoms with E-state index in [1.807, 2.05) is 0 Å². The number of nitrogens with one attached hydrogen (secondary N) is 1. The van der Waals surface area contributed by atoms with Gasteiger partial charge in [0.15, 0.2) is 11.0 Å². The van der Waals surface area contributed by atoms with Gasteiger partial charge in [-0.3, -0.25) is 0 Å². The minimum absolute atomic E-state index is 0.123. The monoisotopic (exact) mass is 241 g/mol. The maximum Gasteiger partial charge on any atom is 0.153 e. The van der Waals surface area contributed by atoms with Gasteiger partial charge in [0.25, 0.3) is 0 Å². The molecule has 2 aromatic rings. The molecule has 1 heterocycles. The summed E-state index contributed by atoms with van der Waals surface area (Å²) in [5.74, 6) is -1.00. The first-order valence-electron chi connectivity index (χ1n) is 4.36. The highest BCUT2D eigenvalue weighted by Crippen LogP contribution is 2.19. The van der Waals surface area contributed by atoms with E-state index < -0.39 is 11.6 Å². The standard InChI is InChI=1S/C10H6ClF2N3/c11-9-3-4-10(16-15-9)14-8-2-1-6(12)5-7(8)13/h1-5H,(H,14,16). The van der Waals surface area contributed by atoms with E-state index in [0.29, 0.717) is 5.82 Å². The number of anilines is 2. The molecule has 0 amide bonds. The fraction of sp³-hybridized carbons (Fsp3) is 0. The van der Waals surface area contributed by atoms with Gasteiger partial charge in [0, 0.05) is 6.07 Å². The average molecular weight is 242 g/mol. The molecule has 3 nitrogen and oxygen atoms in total. The molecule has 0 spiro atoms. The van der Waals surface area contributed by atoms with Crippen LogP contribution in [0.2, 0.25) is 5.15 Å². The molecule has 16 heavy (non-hydrogen) atoms. The van der Waals surface area contributed by atoms with Gasteiger partial charge in [0.1, 0.15) is 11.6 Å². The van der Waals surface area contributed by atoms with Crippen molar-refractivity contribution in [3.05, 3.63) is 47.1 Å². The number of aromatic nitrogens is 2. The lowest BCUT2D eigenvalue weighted by Gasteiger charge is -2.05. The van der Waals surface area contributed by atoms with Crippen LogP contribution < -0.4 is 5.32 Å². The summed E-state index contributed by atoms with van der Waals surface area (Å²) in [6.07, 6.45) is 0. The number of benzene rings is 1. The molecule has 0 bridgehead atoms. The summed E-state index contributed by atoms with van der Waals surface area (Å²) in [5.41, 5.74) is 0.123. The Bertz CT molecular complexity index is 502. The highest BCUT2D eigenvalue weighted by Gasteiger charge is 2.04. The summed E-state index contributed by atoms with van der Waals surface area (Å²) in [7, 11) is 0. The summed E-state index contributed by atoms with van der Waals surface area (Å²) in [4.78, 5) is 0. The minimum Gasteiger partial charge on any atom is -0.336 e. The van der Waals surface area contributed by atoms with E-state index in [9.17, 15) is 8.78 Å². The van der Waals surface area contributed by atoms with Crippen molar-refractivity contribution in [2.24, 2.45) is 0 Å². The molecule has 1 aromatic carbocycles. The third-order valence-electron chi connectivity index (χ3n) is 1.83. The molecule has 0 aliphatic heterocycles. The Balaban J connectivity index is 2.23. The van der Waals surface area contributed by atoms with Crippen LogP contribution in [0.15, 0.2) is 30.3 Å². The third kappa shape index (κ3) is 2.43. The lowest BCUT2D eigenvalue weighted by Crippen LogP contribution is -1.97. The molecular weight excluding hydrogens is 236 g/mol. The second-order valence-electron chi connectivity index (χ2n) is 2.99. The number of halogens is 3. The predicted molar refractivity (Wildman–Crippen MR) is 56.7 cm³/mol. The zero-order valence-electron chi connectivity index (χ0n) is 7.92. The Morgan fingerprint density at radius 3 is 2.50 bits per heavy atom. The van der Waals surface area contributed by atoms with Crippen LogP contribution in [0.25, 0.3) is 0 Å². The van der Waals surface area contributed by atoms with E-state index in [2.05, 4.69) is 15.5 Å². The molecular formula is C10H6ClF2N3. The SMILES string of the molecule is Fc1ccc(Nc2ccc(Cl)nn2)c(F)c1. The van der Waals surface area contributed by atoms with Gasteiger partial charge in [-0.1, -0.05) is 11.6 Å². The highest BCUT2D eigenvalue weighted by molar-refractivity contribution is 6.29. The second-order valence-corrected chi connectivity index (χ2v) is 3.38. The van der Waals surface area contributed by atoms with Gasteiger partial charge in [0.05, 0.1) is 5.69 Å². The topological polar surface area (TPSA) is 37.8 Å². The second kappa shape index (κ2) is 4.40. The maximum atomic E-state index is 13.2. The molecule has 0 fully saturated rings. The fourth-order valence-electron chi connectivity index (χ4n) is 1.11. The molecule has 0 saturated carbocycles. The Morgan fingerprint density at radius 2 is 1.88 bits per heavy atom. The van der Waals surface area contributed by atoms with Gasteiger partial charge >= 0.3 is 0 Å². The van der Waals surface area contributed by atoms with Crippen LogP contribution in [0.5, 0.6) is 0 Å². The number of hydrogen-bond donors (Lipinski definition) is 1. The Labute approximate surface area is 95.1 Å². The molecule has 0 saturated heterocycles. The first kappa shape index (κ1) is 10.8. The van der Waals surface area contributed by atoms with Gasteiger partial charge < -0.3 is 5.32 Å². The molecule has 6 heteroatoms. The normalized spacial score (nSPS) is 10.2.